The van der Waals surface area contributed by atoms with Crippen LogP contribution in [0.5, 0.6) is 0 Å². The van der Waals surface area contributed by atoms with Gasteiger partial charge in [-0.1, -0.05) is 24.3 Å². The van der Waals surface area contributed by atoms with Crippen molar-refractivity contribution >= 4 is 29.1 Å². The zero-order valence-corrected chi connectivity index (χ0v) is 9.23. The molecule has 1 nitrogen and oxygen atoms in total. The van der Waals surface area contributed by atoms with E-state index in [0.29, 0.717) is 0 Å². The van der Waals surface area contributed by atoms with E-state index < -0.39 is 0 Å². The molecule has 2 aromatic rings. The molecule has 14 heavy (non-hydrogen) atoms. The molecule has 0 amide bonds. The minimum absolute atomic E-state index is 1.02. The molecule has 0 atom stereocenters. The van der Waals surface area contributed by atoms with Gasteiger partial charge in [0.15, 0.2) is 0 Å². The number of benzene rings is 2. The van der Waals surface area contributed by atoms with Crippen LogP contribution in [0.25, 0.3) is 10.8 Å². The van der Waals surface area contributed by atoms with Crippen LogP contribution < -0.4 is 5.32 Å². The number of fused-ring (bicyclic) bond motifs is 1. The Labute approximate surface area is 89.5 Å². The molecule has 0 aromatic heterocycles. The van der Waals surface area contributed by atoms with Crippen molar-refractivity contribution in [2.24, 2.45) is 0 Å². The van der Waals surface area contributed by atoms with Crippen LogP contribution >= 0.6 is 12.6 Å². The van der Waals surface area contributed by atoms with Crippen LogP contribution in [0.1, 0.15) is 5.56 Å². The van der Waals surface area contributed by atoms with Crippen molar-refractivity contribution in [3.8, 4) is 0 Å². The zero-order chi connectivity index (χ0) is 10.1. The summed E-state index contributed by atoms with van der Waals surface area (Å²) in [5.41, 5.74) is 2.43. The van der Waals surface area contributed by atoms with Crippen molar-refractivity contribution in [2.75, 3.05) is 12.4 Å². The summed E-state index contributed by atoms with van der Waals surface area (Å²) >= 11 is 4.48. The van der Waals surface area contributed by atoms with E-state index in [0.717, 1.165) is 10.6 Å². The van der Waals surface area contributed by atoms with Gasteiger partial charge in [0, 0.05) is 17.6 Å². The maximum atomic E-state index is 4.48. The van der Waals surface area contributed by atoms with Crippen molar-refractivity contribution in [3.63, 3.8) is 0 Å². The van der Waals surface area contributed by atoms with Gasteiger partial charge in [0.1, 0.15) is 0 Å². The average molecular weight is 203 g/mol. The molecule has 0 heterocycles. The standard InChI is InChI=1S/C12H13NS/c1-8-9-5-3-4-6-10(9)12(14)7-11(8)13-2/h3-7,13-14H,1-2H3. The van der Waals surface area contributed by atoms with Gasteiger partial charge in [0.05, 0.1) is 0 Å². The molecule has 1 N–H and O–H groups in total. The van der Waals surface area contributed by atoms with Crippen molar-refractivity contribution in [2.45, 2.75) is 11.8 Å². The van der Waals surface area contributed by atoms with E-state index in [9.17, 15) is 0 Å². The van der Waals surface area contributed by atoms with E-state index >= 15 is 0 Å². The third kappa shape index (κ3) is 1.36. The minimum Gasteiger partial charge on any atom is -0.388 e. The van der Waals surface area contributed by atoms with E-state index in [1.54, 1.807) is 0 Å². The molecule has 0 saturated heterocycles. The lowest BCUT2D eigenvalue weighted by molar-refractivity contribution is 1.40. The molecular formula is C12H13NS. The fourth-order valence-corrected chi connectivity index (χ4v) is 2.09. The monoisotopic (exact) mass is 203 g/mol. The van der Waals surface area contributed by atoms with E-state index in [-0.39, 0.29) is 0 Å². The topological polar surface area (TPSA) is 12.0 Å². The molecule has 2 aromatic carbocycles. The first-order valence-corrected chi connectivity index (χ1v) is 5.08. The van der Waals surface area contributed by atoms with Crippen LogP contribution in [0.4, 0.5) is 5.69 Å². The fraction of sp³-hybridized carbons (Fsp3) is 0.167. The fourth-order valence-electron chi connectivity index (χ4n) is 1.76. The molecule has 0 aliphatic heterocycles. The van der Waals surface area contributed by atoms with Crippen LogP contribution in [-0.4, -0.2) is 7.05 Å². The lowest BCUT2D eigenvalue weighted by Crippen LogP contribution is -1.93. The zero-order valence-electron chi connectivity index (χ0n) is 8.33. The number of hydrogen-bond acceptors (Lipinski definition) is 2. The number of anilines is 1. The molecule has 0 fully saturated rings. The van der Waals surface area contributed by atoms with Gasteiger partial charge in [-0.2, -0.15) is 0 Å². The summed E-state index contributed by atoms with van der Waals surface area (Å²) in [4.78, 5) is 1.02. The average Bonchev–Trinajstić information content (AvgIpc) is 2.23. The van der Waals surface area contributed by atoms with Crippen molar-refractivity contribution < 1.29 is 0 Å². The molecule has 0 unspecified atom stereocenters. The molecule has 72 valence electrons. The highest BCUT2D eigenvalue weighted by Gasteiger charge is 2.04. The Balaban J connectivity index is 2.87. The van der Waals surface area contributed by atoms with Crippen LogP contribution in [0, 0.1) is 6.92 Å². The Morgan fingerprint density at radius 3 is 2.43 bits per heavy atom. The first-order valence-electron chi connectivity index (χ1n) is 4.63. The molecule has 0 spiro atoms. The maximum Gasteiger partial charge on any atom is 0.0384 e. The second-order valence-electron chi connectivity index (χ2n) is 3.36. The van der Waals surface area contributed by atoms with Crippen LogP contribution in [0.15, 0.2) is 35.2 Å². The van der Waals surface area contributed by atoms with Gasteiger partial charge in [0.25, 0.3) is 0 Å². The molecular weight excluding hydrogens is 190 g/mol. The second kappa shape index (κ2) is 3.54. The summed E-state index contributed by atoms with van der Waals surface area (Å²) in [6.07, 6.45) is 0. The van der Waals surface area contributed by atoms with Crippen molar-refractivity contribution in [3.05, 3.63) is 35.9 Å². The molecule has 0 saturated carbocycles. The summed E-state index contributed by atoms with van der Waals surface area (Å²) in [6, 6.07) is 10.4. The van der Waals surface area contributed by atoms with E-state index in [1.807, 2.05) is 13.1 Å². The lowest BCUT2D eigenvalue weighted by atomic mass is 10.0. The molecule has 0 bridgehead atoms. The van der Waals surface area contributed by atoms with Gasteiger partial charge in [-0.05, 0) is 29.3 Å². The SMILES string of the molecule is CNc1cc(S)c2ccccc2c1C. The van der Waals surface area contributed by atoms with E-state index in [4.69, 9.17) is 0 Å². The predicted octanol–water partition coefficient (Wildman–Crippen LogP) is 3.48. The highest BCUT2D eigenvalue weighted by atomic mass is 32.1. The van der Waals surface area contributed by atoms with Gasteiger partial charge < -0.3 is 5.32 Å². The van der Waals surface area contributed by atoms with Gasteiger partial charge >= 0.3 is 0 Å². The van der Waals surface area contributed by atoms with E-state index in [1.165, 1.54) is 16.3 Å². The van der Waals surface area contributed by atoms with Gasteiger partial charge in [-0.15, -0.1) is 12.6 Å². The third-order valence-electron chi connectivity index (χ3n) is 2.56. The summed E-state index contributed by atoms with van der Waals surface area (Å²) in [6.45, 7) is 2.13. The molecule has 0 radical (unpaired) electrons. The quantitative estimate of drug-likeness (QED) is 0.676. The van der Waals surface area contributed by atoms with Crippen molar-refractivity contribution in [1.82, 2.24) is 0 Å². The maximum absolute atomic E-state index is 4.48. The summed E-state index contributed by atoms with van der Waals surface area (Å²) < 4.78 is 0. The normalized spacial score (nSPS) is 10.5. The highest BCUT2D eigenvalue weighted by molar-refractivity contribution is 7.80. The highest BCUT2D eigenvalue weighted by Crippen LogP contribution is 2.30. The first-order chi connectivity index (χ1) is 6.74. The number of aryl methyl sites for hydroxylation is 1. The van der Waals surface area contributed by atoms with Gasteiger partial charge in [-0.25, -0.2) is 0 Å². The summed E-state index contributed by atoms with van der Waals surface area (Å²) in [7, 11) is 1.93. The first kappa shape index (κ1) is 9.41. The minimum atomic E-state index is 1.02. The number of thiol groups is 1. The van der Waals surface area contributed by atoms with Gasteiger partial charge in [-0.3, -0.25) is 0 Å². The molecule has 0 aliphatic rings. The summed E-state index contributed by atoms with van der Waals surface area (Å²) in [5.74, 6) is 0. The smallest absolute Gasteiger partial charge is 0.0384 e. The Hall–Kier alpha value is -1.15. The Morgan fingerprint density at radius 2 is 1.79 bits per heavy atom. The van der Waals surface area contributed by atoms with Gasteiger partial charge in [0.2, 0.25) is 0 Å². The van der Waals surface area contributed by atoms with Crippen LogP contribution in [-0.2, 0) is 0 Å². The Morgan fingerprint density at radius 1 is 1.14 bits per heavy atom. The number of hydrogen-bond donors (Lipinski definition) is 2. The second-order valence-corrected chi connectivity index (χ2v) is 3.85. The number of rotatable bonds is 1. The predicted molar refractivity (Wildman–Crippen MR) is 65.5 cm³/mol. The molecule has 0 aliphatic carbocycles. The van der Waals surface area contributed by atoms with Crippen molar-refractivity contribution in [1.29, 1.82) is 0 Å². The third-order valence-corrected chi connectivity index (χ3v) is 2.93. The summed E-state index contributed by atoms with van der Waals surface area (Å²) in [5, 5.41) is 5.66. The van der Waals surface area contributed by atoms with Crippen LogP contribution in [0.3, 0.4) is 0 Å². The van der Waals surface area contributed by atoms with Crippen LogP contribution in [0.2, 0.25) is 0 Å². The molecule has 2 rings (SSSR count). The van der Waals surface area contributed by atoms with E-state index in [2.05, 4.69) is 49.1 Å². The lowest BCUT2D eigenvalue weighted by Gasteiger charge is -2.10. The Kier molecular flexibility index (Phi) is 2.38. The Bertz CT molecular complexity index is 477. The largest absolute Gasteiger partial charge is 0.388 e. The molecule has 2 heteroatoms. The number of nitrogens with one attached hydrogen (secondary N) is 1.